The van der Waals surface area contributed by atoms with Gasteiger partial charge in [0, 0.05) is 11.6 Å². The zero-order valence-corrected chi connectivity index (χ0v) is 10.9. The molecule has 1 unspecified atom stereocenters. The van der Waals surface area contributed by atoms with Gasteiger partial charge in [0.1, 0.15) is 4.33 Å². The minimum atomic E-state index is -0.896. The summed E-state index contributed by atoms with van der Waals surface area (Å²) in [4.78, 5) is 16.2. The molecule has 1 aliphatic rings. The fourth-order valence-corrected chi connectivity index (χ4v) is 2.44. The van der Waals surface area contributed by atoms with E-state index in [4.69, 9.17) is 23.2 Å². The Kier molecular flexibility index (Phi) is 2.68. The van der Waals surface area contributed by atoms with Crippen molar-refractivity contribution in [3.05, 3.63) is 36.5 Å². The van der Waals surface area contributed by atoms with Crippen molar-refractivity contribution in [2.24, 2.45) is 5.92 Å². The molecule has 0 spiro atoms. The van der Waals surface area contributed by atoms with Gasteiger partial charge in [0.2, 0.25) is 5.91 Å². The molecule has 3 nitrogen and oxygen atoms in total. The van der Waals surface area contributed by atoms with Crippen LogP contribution in [0.4, 0.5) is 5.69 Å². The van der Waals surface area contributed by atoms with Gasteiger partial charge in [0.25, 0.3) is 0 Å². The van der Waals surface area contributed by atoms with E-state index in [9.17, 15) is 4.79 Å². The summed E-state index contributed by atoms with van der Waals surface area (Å²) < 4.78 is -0.896. The lowest BCUT2D eigenvalue weighted by Gasteiger charge is -2.08. The van der Waals surface area contributed by atoms with Crippen LogP contribution >= 0.6 is 23.2 Å². The molecule has 1 amide bonds. The van der Waals surface area contributed by atoms with E-state index in [0.717, 1.165) is 16.6 Å². The number of alkyl halides is 2. The van der Waals surface area contributed by atoms with Gasteiger partial charge in [-0.2, -0.15) is 0 Å². The summed E-state index contributed by atoms with van der Waals surface area (Å²) in [6.45, 7) is 0. The zero-order chi connectivity index (χ0) is 12.8. The van der Waals surface area contributed by atoms with Crippen molar-refractivity contribution in [2.45, 2.75) is 10.8 Å². The minimum Gasteiger partial charge on any atom is -0.325 e. The molecule has 1 aromatic heterocycles. The highest BCUT2D eigenvalue weighted by Gasteiger charge is 2.56. The van der Waals surface area contributed by atoms with E-state index in [-0.39, 0.29) is 11.8 Å². The third-order valence-corrected chi connectivity index (χ3v) is 3.88. The number of nitrogens with one attached hydrogen (secondary N) is 1. The Morgan fingerprint density at radius 2 is 2.11 bits per heavy atom. The van der Waals surface area contributed by atoms with Crippen molar-refractivity contribution in [2.75, 3.05) is 5.32 Å². The van der Waals surface area contributed by atoms with Gasteiger partial charge in [-0.15, -0.1) is 23.2 Å². The maximum atomic E-state index is 11.9. The highest BCUT2D eigenvalue weighted by molar-refractivity contribution is 6.52. The largest absolute Gasteiger partial charge is 0.325 e. The van der Waals surface area contributed by atoms with E-state index in [1.807, 2.05) is 30.3 Å². The fourth-order valence-electron chi connectivity index (χ4n) is 1.93. The second-order valence-corrected chi connectivity index (χ2v) is 5.93. The van der Waals surface area contributed by atoms with E-state index in [0.29, 0.717) is 6.42 Å². The first-order chi connectivity index (χ1) is 8.58. The van der Waals surface area contributed by atoms with Crippen molar-refractivity contribution in [1.29, 1.82) is 0 Å². The predicted octanol–water partition coefficient (Wildman–Crippen LogP) is 3.37. The van der Waals surface area contributed by atoms with Crippen molar-refractivity contribution in [3.8, 4) is 0 Å². The van der Waals surface area contributed by atoms with Crippen LogP contribution in [0.3, 0.4) is 0 Å². The number of hydrogen-bond acceptors (Lipinski definition) is 2. The zero-order valence-electron chi connectivity index (χ0n) is 9.36. The molecule has 92 valence electrons. The van der Waals surface area contributed by atoms with Gasteiger partial charge in [-0.1, -0.05) is 6.07 Å². The van der Waals surface area contributed by atoms with Crippen molar-refractivity contribution >= 4 is 45.7 Å². The Balaban J connectivity index is 1.89. The van der Waals surface area contributed by atoms with Crippen LogP contribution in [0.15, 0.2) is 36.5 Å². The van der Waals surface area contributed by atoms with Crippen molar-refractivity contribution in [3.63, 3.8) is 0 Å². The smallest absolute Gasteiger partial charge is 0.230 e. The number of carbonyl (C=O) groups is 1. The van der Waals surface area contributed by atoms with E-state index in [1.54, 1.807) is 6.20 Å². The molecule has 18 heavy (non-hydrogen) atoms. The first kappa shape index (κ1) is 11.8. The molecular weight excluding hydrogens is 271 g/mol. The second kappa shape index (κ2) is 4.11. The molecule has 0 bridgehead atoms. The summed E-state index contributed by atoms with van der Waals surface area (Å²) in [6.07, 6.45) is 2.22. The first-order valence-corrected chi connectivity index (χ1v) is 6.36. The maximum absolute atomic E-state index is 11.9. The Labute approximate surface area is 114 Å². The molecule has 1 saturated carbocycles. The topological polar surface area (TPSA) is 42.0 Å². The molecule has 1 atom stereocenters. The van der Waals surface area contributed by atoms with E-state index >= 15 is 0 Å². The summed E-state index contributed by atoms with van der Waals surface area (Å²) in [6, 6.07) is 9.35. The number of fused-ring (bicyclic) bond motifs is 1. The monoisotopic (exact) mass is 280 g/mol. The van der Waals surface area contributed by atoms with E-state index in [1.165, 1.54) is 0 Å². The highest BCUT2D eigenvalue weighted by atomic mass is 35.5. The van der Waals surface area contributed by atoms with E-state index < -0.39 is 4.33 Å². The molecule has 3 rings (SSSR count). The normalized spacial score (nSPS) is 20.7. The fraction of sp³-hybridized carbons (Fsp3) is 0.231. The van der Waals surface area contributed by atoms with Gasteiger partial charge in [0.05, 0.1) is 17.1 Å². The van der Waals surface area contributed by atoms with Crippen LogP contribution in [-0.4, -0.2) is 15.2 Å². The maximum Gasteiger partial charge on any atom is 0.230 e. The van der Waals surface area contributed by atoms with Crippen LogP contribution in [0.5, 0.6) is 0 Å². The highest BCUT2D eigenvalue weighted by Crippen LogP contribution is 2.53. The average molecular weight is 281 g/mol. The minimum absolute atomic E-state index is 0.142. The Morgan fingerprint density at radius 3 is 2.83 bits per heavy atom. The van der Waals surface area contributed by atoms with Crippen molar-refractivity contribution in [1.82, 2.24) is 4.98 Å². The molecule has 1 aromatic carbocycles. The number of rotatable bonds is 2. The number of carbonyl (C=O) groups excluding carboxylic acids is 1. The average Bonchev–Trinajstić information content (AvgIpc) is 2.99. The number of pyridine rings is 1. The van der Waals surface area contributed by atoms with E-state index in [2.05, 4.69) is 10.3 Å². The van der Waals surface area contributed by atoms with Gasteiger partial charge in [-0.05, 0) is 30.7 Å². The summed E-state index contributed by atoms with van der Waals surface area (Å²) >= 11 is 11.8. The number of benzene rings is 1. The molecule has 1 fully saturated rings. The van der Waals surface area contributed by atoms with Gasteiger partial charge >= 0.3 is 0 Å². The molecule has 5 heteroatoms. The lowest BCUT2D eigenvalue weighted by atomic mass is 10.2. The van der Waals surface area contributed by atoms with Crippen molar-refractivity contribution < 1.29 is 4.79 Å². The summed E-state index contributed by atoms with van der Waals surface area (Å²) in [5, 5.41) is 3.76. The lowest BCUT2D eigenvalue weighted by molar-refractivity contribution is -0.117. The number of nitrogens with zero attached hydrogens (tertiary/aromatic N) is 1. The Hall–Kier alpha value is -1.32. The summed E-state index contributed by atoms with van der Waals surface area (Å²) in [7, 11) is 0. The molecule has 0 aliphatic heterocycles. The Bertz CT molecular complexity index is 622. The number of anilines is 1. The molecule has 1 heterocycles. The third-order valence-electron chi connectivity index (χ3n) is 3.05. The summed E-state index contributed by atoms with van der Waals surface area (Å²) in [5.41, 5.74) is 1.58. The molecule has 1 aliphatic carbocycles. The number of amides is 1. The SMILES string of the molecule is O=C(Nc1cccc2ncccc12)C1CC1(Cl)Cl. The Morgan fingerprint density at radius 1 is 1.33 bits per heavy atom. The van der Waals surface area contributed by atoms with Gasteiger partial charge < -0.3 is 5.32 Å². The molecule has 2 aromatic rings. The number of halogens is 2. The van der Waals surface area contributed by atoms with Crippen LogP contribution in [0, 0.1) is 5.92 Å². The van der Waals surface area contributed by atoms with Crippen LogP contribution in [0.2, 0.25) is 0 Å². The first-order valence-electron chi connectivity index (χ1n) is 5.60. The third kappa shape index (κ3) is 2.04. The van der Waals surface area contributed by atoms with Crippen LogP contribution < -0.4 is 5.32 Å². The van der Waals surface area contributed by atoms with Gasteiger partial charge in [-0.25, -0.2) is 0 Å². The number of hydrogen-bond donors (Lipinski definition) is 1. The second-order valence-electron chi connectivity index (χ2n) is 4.38. The molecule has 0 radical (unpaired) electrons. The summed E-state index contributed by atoms with van der Waals surface area (Å²) in [5.74, 6) is -0.468. The van der Waals surface area contributed by atoms with Crippen LogP contribution in [-0.2, 0) is 4.79 Å². The van der Waals surface area contributed by atoms with Gasteiger partial charge in [0.15, 0.2) is 0 Å². The number of aromatic nitrogens is 1. The molecule has 1 N–H and O–H groups in total. The van der Waals surface area contributed by atoms with Gasteiger partial charge in [-0.3, -0.25) is 9.78 Å². The van der Waals surface area contributed by atoms with Crippen LogP contribution in [0.25, 0.3) is 10.9 Å². The molecule has 0 saturated heterocycles. The van der Waals surface area contributed by atoms with Crippen LogP contribution in [0.1, 0.15) is 6.42 Å². The quantitative estimate of drug-likeness (QED) is 0.857. The predicted molar refractivity (Wildman–Crippen MR) is 72.9 cm³/mol. The standard InChI is InChI=1S/C13H10Cl2N2O/c14-13(15)7-9(13)12(18)17-11-5-1-4-10-8(11)3-2-6-16-10/h1-6,9H,7H2,(H,17,18). The molecular formula is C13H10Cl2N2O. The lowest BCUT2D eigenvalue weighted by Crippen LogP contribution is -2.17.